The predicted octanol–water partition coefficient (Wildman–Crippen LogP) is 3.67. The van der Waals surface area contributed by atoms with Crippen LogP contribution in [0.3, 0.4) is 0 Å². The maximum Gasteiger partial charge on any atom is 0.264 e. The maximum absolute atomic E-state index is 12.7. The van der Waals surface area contributed by atoms with Crippen molar-refractivity contribution >= 4 is 17.5 Å². The molecule has 2 aromatic carbocycles. The van der Waals surface area contributed by atoms with Crippen molar-refractivity contribution in [2.24, 2.45) is 0 Å². The fourth-order valence-electron chi connectivity index (χ4n) is 2.74. The van der Waals surface area contributed by atoms with E-state index >= 15 is 0 Å². The first-order chi connectivity index (χ1) is 13.6. The molecule has 0 bridgehead atoms. The minimum absolute atomic E-state index is 0.302. The van der Waals surface area contributed by atoms with Crippen molar-refractivity contribution in [1.82, 2.24) is 10.2 Å². The number of amides is 1. The van der Waals surface area contributed by atoms with E-state index in [1.54, 1.807) is 30.3 Å². The number of anilines is 2. The zero-order valence-electron chi connectivity index (χ0n) is 16.0. The first-order valence-electron chi connectivity index (χ1n) is 8.77. The highest BCUT2D eigenvalue weighted by atomic mass is 16.5. The van der Waals surface area contributed by atoms with Gasteiger partial charge in [0.25, 0.3) is 5.91 Å². The Labute approximate surface area is 163 Å². The highest BCUT2D eigenvalue weighted by Gasteiger charge is 2.18. The van der Waals surface area contributed by atoms with E-state index in [0.717, 1.165) is 0 Å². The van der Waals surface area contributed by atoms with Gasteiger partial charge in [-0.15, -0.1) is 10.2 Å². The minimum atomic E-state index is -0.385. The van der Waals surface area contributed by atoms with Crippen LogP contribution in [0.1, 0.15) is 21.5 Å². The summed E-state index contributed by atoms with van der Waals surface area (Å²) in [6.07, 6.45) is 0. The van der Waals surface area contributed by atoms with Gasteiger partial charge in [-0.25, -0.2) is 0 Å². The summed E-state index contributed by atoms with van der Waals surface area (Å²) in [7, 11) is 3.00. The Morgan fingerprint density at radius 3 is 2.14 bits per heavy atom. The number of carbonyl (C=O) groups excluding carboxylic acids is 1. The average Bonchev–Trinajstić information content (AvgIpc) is 2.73. The molecule has 1 aromatic heterocycles. The number of methoxy groups -OCH3 is 2. The van der Waals surface area contributed by atoms with Crippen LogP contribution in [0.15, 0.2) is 54.6 Å². The number of rotatable bonds is 7. The van der Waals surface area contributed by atoms with Crippen molar-refractivity contribution < 1.29 is 14.3 Å². The third kappa shape index (κ3) is 4.37. The lowest BCUT2D eigenvalue weighted by Gasteiger charge is -2.12. The standard InChI is InChI=1S/C21H22N4O3/c1-14-7-4-5-8-15(14)13-22-18-11-12-19(25-24-18)23-21(26)20-16(27-2)9-6-10-17(20)28-3/h4-12H,13H2,1-3H3,(H,22,24)(H,23,25,26). The predicted molar refractivity (Wildman–Crippen MR) is 108 cm³/mol. The van der Waals surface area contributed by atoms with Gasteiger partial charge >= 0.3 is 0 Å². The molecule has 144 valence electrons. The Balaban J connectivity index is 1.68. The largest absolute Gasteiger partial charge is 0.496 e. The van der Waals surface area contributed by atoms with Gasteiger partial charge in [0, 0.05) is 6.54 Å². The number of hydrogen-bond donors (Lipinski definition) is 2. The Morgan fingerprint density at radius 1 is 0.893 bits per heavy atom. The van der Waals surface area contributed by atoms with Crippen LogP contribution in [0, 0.1) is 6.92 Å². The highest BCUT2D eigenvalue weighted by Crippen LogP contribution is 2.28. The van der Waals surface area contributed by atoms with Gasteiger partial charge in [-0.05, 0) is 42.3 Å². The van der Waals surface area contributed by atoms with Gasteiger partial charge in [0.15, 0.2) is 5.82 Å². The molecule has 1 amide bonds. The summed E-state index contributed by atoms with van der Waals surface area (Å²) in [5.41, 5.74) is 2.69. The topological polar surface area (TPSA) is 85.4 Å². The second kappa shape index (κ2) is 8.85. The molecule has 0 saturated carbocycles. The van der Waals surface area contributed by atoms with Gasteiger partial charge in [0.2, 0.25) is 0 Å². The molecule has 0 aliphatic heterocycles. The van der Waals surface area contributed by atoms with E-state index in [9.17, 15) is 4.79 Å². The molecule has 0 unspecified atom stereocenters. The lowest BCUT2D eigenvalue weighted by Crippen LogP contribution is -2.16. The normalized spacial score (nSPS) is 10.2. The van der Waals surface area contributed by atoms with Crippen LogP contribution in [-0.4, -0.2) is 30.3 Å². The summed E-state index contributed by atoms with van der Waals surface area (Å²) >= 11 is 0. The first-order valence-corrected chi connectivity index (χ1v) is 8.77. The molecule has 3 rings (SSSR count). The van der Waals surface area contributed by atoms with E-state index in [1.807, 2.05) is 12.1 Å². The van der Waals surface area contributed by atoms with Gasteiger partial charge in [0.05, 0.1) is 14.2 Å². The fraction of sp³-hybridized carbons (Fsp3) is 0.190. The molecule has 7 nitrogen and oxygen atoms in total. The average molecular weight is 378 g/mol. The fourth-order valence-corrected chi connectivity index (χ4v) is 2.74. The van der Waals surface area contributed by atoms with Crippen molar-refractivity contribution in [2.75, 3.05) is 24.9 Å². The lowest BCUT2D eigenvalue weighted by molar-refractivity contribution is 0.102. The van der Waals surface area contributed by atoms with E-state index in [-0.39, 0.29) is 5.91 Å². The quantitative estimate of drug-likeness (QED) is 0.653. The molecule has 1 heterocycles. The summed E-state index contributed by atoms with van der Waals surface area (Å²) in [5, 5.41) is 14.1. The highest BCUT2D eigenvalue weighted by molar-refractivity contribution is 6.07. The van der Waals surface area contributed by atoms with Crippen LogP contribution in [0.2, 0.25) is 0 Å². The number of ether oxygens (including phenoxy) is 2. The van der Waals surface area contributed by atoms with E-state index in [0.29, 0.717) is 35.2 Å². The third-order valence-electron chi connectivity index (χ3n) is 4.28. The summed E-state index contributed by atoms with van der Waals surface area (Å²) in [4.78, 5) is 12.7. The molecular formula is C21H22N4O3. The number of carbonyl (C=O) groups is 1. The van der Waals surface area contributed by atoms with Crippen molar-refractivity contribution in [3.8, 4) is 11.5 Å². The summed E-state index contributed by atoms with van der Waals surface area (Å²) in [6, 6.07) is 16.7. The van der Waals surface area contributed by atoms with Crippen LogP contribution in [0.4, 0.5) is 11.6 Å². The van der Waals surface area contributed by atoms with E-state index < -0.39 is 0 Å². The number of nitrogens with one attached hydrogen (secondary N) is 2. The Hall–Kier alpha value is -3.61. The van der Waals surface area contributed by atoms with Crippen LogP contribution < -0.4 is 20.1 Å². The first kappa shape index (κ1) is 19.2. The second-order valence-corrected chi connectivity index (χ2v) is 6.08. The van der Waals surface area contributed by atoms with E-state index in [4.69, 9.17) is 9.47 Å². The Morgan fingerprint density at radius 2 is 1.54 bits per heavy atom. The smallest absolute Gasteiger partial charge is 0.264 e. The summed E-state index contributed by atoms with van der Waals surface area (Å²) in [6.45, 7) is 2.71. The van der Waals surface area contributed by atoms with Gasteiger partial charge in [0.1, 0.15) is 22.9 Å². The molecule has 0 spiro atoms. The SMILES string of the molecule is COc1cccc(OC)c1C(=O)Nc1ccc(NCc2ccccc2C)nn1. The van der Waals surface area contributed by atoms with Gasteiger partial charge in [-0.1, -0.05) is 30.3 Å². The van der Waals surface area contributed by atoms with Crippen LogP contribution >= 0.6 is 0 Å². The molecule has 0 radical (unpaired) electrons. The maximum atomic E-state index is 12.7. The number of benzene rings is 2. The Bertz CT molecular complexity index is 936. The molecular weight excluding hydrogens is 356 g/mol. The summed E-state index contributed by atoms with van der Waals surface area (Å²) in [5.74, 6) is 1.40. The van der Waals surface area contributed by atoms with Crippen molar-refractivity contribution in [3.05, 3.63) is 71.3 Å². The number of aromatic nitrogens is 2. The lowest BCUT2D eigenvalue weighted by atomic mass is 10.1. The van der Waals surface area contributed by atoms with Crippen molar-refractivity contribution in [3.63, 3.8) is 0 Å². The summed E-state index contributed by atoms with van der Waals surface area (Å²) < 4.78 is 10.5. The van der Waals surface area contributed by atoms with Gasteiger partial charge in [-0.3, -0.25) is 4.79 Å². The monoisotopic (exact) mass is 378 g/mol. The minimum Gasteiger partial charge on any atom is -0.496 e. The molecule has 3 aromatic rings. The number of nitrogens with zero attached hydrogens (tertiary/aromatic N) is 2. The molecule has 0 atom stereocenters. The molecule has 0 saturated heterocycles. The zero-order chi connectivity index (χ0) is 19.9. The molecule has 2 N–H and O–H groups in total. The van der Waals surface area contributed by atoms with Gasteiger partial charge < -0.3 is 20.1 Å². The van der Waals surface area contributed by atoms with Crippen LogP contribution in [-0.2, 0) is 6.54 Å². The second-order valence-electron chi connectivity index (χ2n) is 6.08. The molecule has 7 heteroatoms. The van der Waals surface area contributed by atoms with Gasteiger partial charge in [-0.2, -0.15) is 0 Å². The molecule has 0 aliphatic rings. The van der Waals surface area contributed by atoms with E-state index in [2.05, 4.69) is 39.9 Å². The molecule has 0 aliphatic carbocycles. The Kier molecular flexibility index (Phi) is 6.06. The van der Waals surface area contributed by atoms with Crippen LogP contribution in [0.25, 0.3) is 0 Å². The zero-order valence-corrected chi connectivity index (χ0v) is 16.0. The van der Waals surface area contributed by atoms with Crippen molar-refractivity contribution in [2.45, 2.75) is 13.5 Å². The van der Waals surface area contributed by atoms with E-state index in [1.165, 1.54) is 25.3 Å². The molecule has 0 fully saturated rings. The van der Waals surface area contributed by atoms with Crippen LogP contribution in [0.5, 0.6) is 11.5 Å². The van der Waals surface area contributed by atoms with Crippen molar-refractivity contribution in [1.29, 1.82) is 0 Å². The number of hydrogen-bond acceptors (Lipinski definition) is 6. The number of aryl methyl sites for hydroxylation is 1. The molecule has 28 heavy (non-hydrogen) atoms. The third-order valence-corrected chi connectivity index (χ3v) is 4.28.